The van der Waals surface area contributed by atoms with Gasteiger partial charge in [0, 0.05) is 5.56 Å². The molecule has 1 aliphatic heterocycles. The minimum atomic E-state index is -0.773. The molecule has 200 valence electrons. The number of hydrogen-bond acceptors (Lipinski definition) is 6. The van der Waals surface area contributed by atoms with Crippen molar-refractivity contribution in [3.05, 3.63) is 82.2 Å². The van der Waals surface area contributed by atoms with Gasteiger partial charge in [-0.25, -0.2) is 9.18 Å². The molecule has 0 unspecified atom stereocenters. The number of methoxy groups -OCH3 is 2. The second kappa shape index (κ2) is 10.8. The molecule has 1 aliphatic carbocycles. The summed E-state index contributed by atoms with van der Waals surface area (Å²) in [5, 5.41) is 10.3. The minimum Gasteiger partial charge on any atom is -0.497 e. The third-order valence-corrected chi connectivity index (χ3v) is 8.21. The van der Waals surface area contributed by atoms with E-state index in [0.29, 0.717) is 16.9 Å². The van der Waals surface area contributed by atoms with Gasteiger partial charge in [-0.05, 0) is 109 Å². The highest BCUT2D eigenvalue weighted by molar-refractivity contribution is 5.92. The first-order valence-corrected chi connectivity index (χ1v) is 13.0. The van der Waals surface area contributed by atoms with E-state index < -0.39 is 11.8 Å². The zero-order chi connectivity index (χ0) is 26.9. The lowest BCUT2D eigenvalue weighted by molar-refractivity contribution is 0.0595. The molecular formula is C31H34FNO5. The van der Waals surface area contributed by atoms with Crippen molar-refractivity contribution in [1.29, 1.82) is 0 Å². The molecule has 0 amide bonds. The first-order valence-electron chi connectivity index (χ1n) is 13.0. The Morgan fingerprint density at radius 1 is 1.03 bits per heavy atom. The van der Waals surface area contributed by atoms with E-state index in [4.69, 9.17) is 14.2 Å². The number of aryl methyl sites for hydroxylation is 1. The summed E-state index contributed by atoms with van der Waals surface area (Å²) in [5.74, 6) is -0.377. The average Bonchev–Trinajstić information content (AvgIpc) is 3.29. The SMILES string of the molecule is COC(=O)c1cc(OCc2ccc(OC)cc2)c(-c2cc3c(cc2CO)CCC32CCN(C)CC2)cc1F. The first-order chi connectivity index (χ1) is 18.4. The Balaban J connectivity index is 1.59. The number of ether oxygens (including phenoxy) is 3. The molecule has 6 nitrogen and oxygen atoms in total. The Kier molecular flexibility index (Phi) is 7.41. The predicted molar refractivity (Wildman–Crippen MR) is 143 cm³/mol. The van der Waals surface area contributed by atoms with Crippen LogP contribution in [0.5, 0.6) is 11.5 Å². The van der Waals surface area contributed by atoms with E-state index in [1.54, 1.807) is 7.11 Å². The Morgan fingerprint density at radius 2 is 1.76 bits per heavy atom. The lowest BCUT2D eigenvalue weighted by Gasteiger charge is -2.39. The van der Waals surface area contributed by atoms with Gasteiger partial charge in [0.2, 0.25) is 0 Å². The highest BCUT2D eigenvalue weighted by Gasteiger charge is 2.41. The van der Waals surface area contributed by atoms with Gasteiger partial charge in [0.05, 0.1) is 26.4 Å². The van der Waals surface area contributed by atoms with Gasteiger partial charge in [0.1, 0.15) is 23.9 Å². The topological polar surface area (TPSA) is 68.2 Å². The van der Waals surface area contributed by atoms with Crippen molar-refractivity contribution >= 4 is 5.97 Å². The van der Waals surface area contributed by atoms with Gasteiger partial charge in [-0.1, -0.05) is 18.2 Å². The quantitative estimate of drug-likeness (QED) is 0.429. The Bertz CT molecular complexity index is 1330. The maximum atomic E-state index is 15.3. The van der Waals surface area contributed by atoms with Crippen molar-refractivity contribution in [2.24, 2.45) is 0 Å². The maximum absolute atomic E-state index is 15.3. The highest BCUT2D eigenvalue weighted by Crippen LogP contribution is 2.49. The molecule has 0 aromatic heterocycles. The van der Waals surface area contributed by atoms with E-state index in [1.807, 2.05) is 24.3 Å². The molecule has 1 heterocycles. The highest BCUT2D eigenvalue weighted by atomic mass is 19.1. The second-order valence-electron chi connectivity index (χ2n) is 10.4. The van der Waals surface area contributed by atoms with Crippen molar-refractivity contribution in [3.63, 3.8) is 0 Å². The molecule has 0 radical (unpaired) electrons. The third kappa shape index (κ3) is 4.88. The van der Waals surface area contributed by atoms with E-state index >= 15 is 4.39 Å². The lowest BCUT2D eigenvalue weighted by atomic mass is 9.73. The summed E-state index contributed by atoms with van der Waals surface area (Å²) in [4.78, 5) is 14.7. The molecule has 3 aromatic carbocycles. The van der Waals surface area contributed by atoms with Crippen molar-refractivity contribution < 1.29 is 28.5 Å². The number of halogens is 1. The molecule has 1 spiro atoms. The molecule has 7 heteroatoms. The van der Waals surface area contributed by atoms with Crippen LogP contribution in [0.4, 0.5) is 4.39 Å². The van der Waals surface area contributed by atoms with Crippen LogP contribution in [0.3, 0.4) is 0 Å². The molecule has 1 saturated heterocycles. The van der Waals surface area contributed by atoms with Gasteiger partial charge in [-0.3, -0.25) is 0 Å². The van der Waals surface area contributed by atoms with Crippen LogP contribution in [0.25, 0.3) is 11.1 Å². The molecule has 0 atom stereocenters. The number of nitrogens with zero attached hydrogens (tertiary/aromatic N) is 1. The molecule has 0 saturated carbocycles. The van der Waals surface area contributed by atoms with Gasteiger partial charge < -0.3 is 24.2 Å². The zero-order valence-corrected chi connectivity index (χ0v) is 22.2. The summed E-state index contributed by atoms with van der Waals surface area (Å²) in [7, 11) is 4.98. The number of hydrogen-bond donors (Lipinski definition) is 1. The fourth-order valence-corrected chi connectivity index (χ4v) is 5.88. The third-order valence-electron chi connectivity index (χ3n) is 8.21. The van der Waals surface area contributed by atoms with E-state index in [0.717, 1.165) is 55.6 Å². The summed E-state index contributed by atoms with van der Waals surface area (Å²) in [6.07, 6.45) is 4.21. The van der Waals surface area contributed by atoms with Crippen molar-refractivity contribution in [1.82, 2.24) is 4.90 Å². The van der Waals surface area contributed by atoms with Gasteiger partial charge >= 0.3 is 5.97 Å². The molecular weight excluding hydrogens is 485 g/mol. The summed E-state index contributed by atoms with van der Waals surface area (Å²) >= 11 is 0. The molecule has 3 aromatic rings. The van der Waals surface area contributed by atoms with Crippen LogP contribution in [0.15, 0.2) is 48.5 Å². The number of aliphatic hydroxyl groups excluding tert-OH is 1. The lowest BCUT2D eigenvalue weighted by Crippen LogP contribution is -2.39. The standard InChI is InChI=1S/C31H34FNO5/c1-33-12-10-31(11-13-33)9-8-21-14-22(18-34)24(15-27(21)31)25-16-28(32)26(30(35)37-3)17-29(25)38-19-20-4-6-23(36-2)7-5-20/h4-7,14-17,34H,8-13,18-19H2,1-3H3. The molecule has 1 N–H and O–H groups in total. The maximum Gasteiger partial charge on any atom is 0.340 e. The van der Waals surface area contributed by atoms with Crippen molar-refractivity contribution in [2.75, 3.05) is 34.4 Å². The average molecular weight is 520 g/mol. The van der Waals surface area contributed by atoms with Crippen LogP contribution >= 0.6 is 0 Å². The first kappa shape index (κ1) is 26.2. The van der Waals surface area contributed by atoms with Gasteiger partial charge in [-0.15, -0.1) is 0 Å². The van der Waals surface area contributed by atoms with Crippen molar-refractivity contribution in [3.8, 4) is 22.6 Å². The minimum absolute atomic E-state index is 0.0964. The smallest absolute Gasteiger partial charge is 0.340 e. The summed E-state index contributed by atoms with van der Waals surface area (Å²) in [6.45, 7) is 2.10. The number of piperidine rings is 1. The Hall–Kier alpha value is -3.42. The van der Waals surface area contributed by atoms with Crippen LogP contribution in [0, 0.1) is 5.82 Å². The van der Waals surface area contributed by atoms with Crippen LogP contribution in [0.2, 0.25) is 0 Å². The monoisotopic (exact) mass is 519 g/mol. The Labute approximate surface area is 222 Å². The van der Waals surface area contributed by atoms with Crippen LogP contribution < -0.4 is 9.47 Å². The fourth-order valence-electron chi connectivity index (χ4n) is 5.88. The summed E-state index contributed by atoms with van der Waals surface area (Å²) in [5.41, 5.74) is 5.29. The normalized spacial score (nSPS) is 16.3. The molecule has 38 heavy (non-hydrogen) atoms. The second-order valence-corrected chi connectivity index (χ2v) is 10.4. The number of carbonyl (C=O) groups excluding carboxylic acids is 1. The fraction of sp³-hybridized carbons (Fsp3) is 0.387. The number of carbonyl (C=O) groups is 1. The number of rotatable bonds is 7. The summed E-state index contributed by atoms with van der Waals surface area (Å²) in [6, 6.07) is 14.4. The largest absolute Gasteiger partial charge is 0.497 e. The van der Waals surface area contributed by atoms with E-state index in [1.165, 1.54) is 30.4 Å². The van der Waals surface area contributed by atoms with Crippen LogP contribution in [0.1, 0.15) is 51.9 Å². The van der Waals surface area contributed by atoms with Crippen LogP contribution in [-0.4, -0.2) is 50.3 Å². The van der Waals surface area contributed by atoms with E-state index in [-0.39, 0.29) is 24.2 Å². The number of aliphatic hydroxyl groups is 1. The molecule has 0 bridgehead atoms. The van der Waals surface area contributed by atoms with Crippen molar-refractivity contribution in [2.45, 2.75) is 44.3 Å². The Morgan fingerprint density at radius 3 is 2.42 bits per heavy atom. The van der Waals surface area contributed by atoms with Gasteiger partial charge in [-0.2, -0.15) is 0 Å². The van der Waals surface area contributed by atoms with E-state index in [9.17, 15) is 9.90 Å². The predicted octanol–water partition coefficient (Wildman–Crippen LogP) is 5.27. The molecule has 1 fully saturated rings. The molecule has 2 aliphatic rings. The van der Waals surface area contributed by atoms with Gasteiger partial charge in [0.15, 0.2) is 0 Å². The summed E-state index contributed by atoms with van der Waals surface area (Å²) < 4.78 is 31.5. The number of esters is 1. The van der Waals surface area contributed by atoms with Crippen LogP contribution in [-0.2, 0) is 29.8 Å². The zero-order valence-electron chi connectivity index (χ0n) is 22.2. The van der Waals surface area contributed by atoms with Gasteiger partial charge in [0.25, 0.3) is 0 Å². The number of benzene rings is 3. The number of likely N-dealkylation sites (tertiary alicyclic amines) is 1. The van der Waals surface area contributed by atoms with E-state index in [2.05, 4.69) is 24.1 Å². The molecule has 5 rings (SSSR count). The number of fused-ring (bicyclic) bond motifs is 2.